The van der Waals surface area contributed by atoms with Gasteiger partial charge in [0.15, 0.2) is 11.5 Å². The highest BCUT2D eigenvalue weighted by Gasteiger charge is 2.71. The first kappa shape index (κ1) is 31.5. The summed E-state index contributed by atoms with van der Waals surface area (Å²) in [5.41, 5.74) is 3.16. The number of hydrogen-bond acceptors (Lipinski definition) is 7. The number of likely N-dealkylation sites (tertiary alicyclic amines) is 1. The van der Waals surface area contributed by atoms with Crippen LogP contribution in [-0.4, -0.2) is 62.9 Å². The molecule has 2 N–H and O–H groups in total. The number of benzene rings is 3. The molecule has 0 radical (unpaired) electrons. The summed E-state index contributed by atoms with van der Waals surface area (Å²) in [6.07, 6.45) is 7.86. The summed E-state index contributed by atoms with van der Waals surface area (Å²) in [7, 11) is 0. The number of aliphatic hydroxyl groups excluding tert-OH is 1. The largest absolute Gasteiger partial charge is 0.504 e. The molecule has 5 unspecified atom stereocenters. The quantitative estimate of drug-likeness (QED) is 0.243. The van der Waals surface area contributed by atoms with E-state index in [0.717, 1.165) is 57.2 Å². The summed E-state index contributed by atoms with van der Waals surface area (Å²) < 4.78 is 34.1. The first-order chi connectivity index (χ1) is 22.9. The SMILES string of the molecule is CC1Oc2c(O)ccc3c2C12CCN(CC1CC1)C(C3)C2(CCCO)OS(=O)OC1CCC(c2ccccc2)(c2ccccc2)CC1. The van der Waals surface area contributed by atoms with Gasteiger partial charge in [0.25, 0.3) is 0 Å². The lowest BCUT2D eigenvalue weighted by Gasteiger charge is -2.62. The van der Waals surface area contributed by atoms with E-state index >= 15 is 0 Å². The van der Waals surface area contributed by atoms with Crippen molar-refractivity contribution in [1.82, 2.24) is 4.90 Å². The first-order valence-corrected chi connectivity index (χ1v) is 18.7. The third kappa shape index (κ3) is 5.09. The third-order valence-corrected chi connectivity index (χ3v) is 13.2. The molecule has 5 aliphatic rings. The van der Waals surface area contributed by atoms with Crippen LogP contribution in [0.15, 0.2) is 72.8 Å². The summed E-state index contributed by atoms with van der Waals surface area (Å²) in [4.78, 5) is 2.56. The Kier molecular flexibility index (Phi) is 8.24. The second-order valence-electron chi connectivity index (χ2n) is 14.7. The Morgan fingerprint density at radius 2 is 1.62 bits per heavy atom. The molecule has 7 nitrogen and oxygen atoms in total. The van der Waals surface area contributed by atoms with Crippen molar-refractivity contribution in [3.63, 3.8) is 0 Å². The average molecular weight is 658 g/mol. The highest BCUT2D eigenvalue weighted by molar-refractivity contribution is 7.75. The number of aliphatic hydroxyl groups is 1. The molecule has 5 atom stereocenters. The lowest BCUT2D eigenvalue weighted by atomic mass is 9.52. The third-order valence-electron chi connectivity index (χ3n) is 12.4. The van der Waals surface area contributed by atoms with Crippen LogP contribution in [0.5, 0.6) is 11.5 Å². The molecule has 8 rings (SSSR count). The van der Waals surface area contributed by atoms with Crippen LogP contribution in [0.3, 0.4) is 0 Å². The number of fused-ring (bicyclic) bond motifs is 1. The first-order valence-electron chi connectivity index (χ1n) is 17.7. The monoisotopic (exact) mass is 657 g/mol. The molecule has 1 saturated heterocycles. The van der Waals surface area contributed by atoms with E-state index in [4.69, 9.17) is 13.1 Å². The molecule has 0 amide bonds. The smallest absolute Gasteiger partial charge is 0.305 e. The molecule has 2 saturated carbocycles. The Morgan fingerprint density at radius 1 is 0.936 bits per heavy atom. The number of aromatic hydroxyl groups is 1. The van der Waals surface area contributed by atoms with Crippen LogP contribution in [0.2, 0.25) is 0 Å². The summed E-state index contributed by atoms with van der Waals surface area (Å²) in [5.74, 6) is 1.37. The number of ether oxygens (including phenoxy) is 1. The van der Waals surface area contributed by atoms with Gasteiger partial charge in [-0.2, -0.15) is 4.21 Å². The van der Waals surface area contributed by atoms with Gasteiger partial charge < -0.3 is 14.9 Å². The summed E-state index contributed by atoms with van der Waals surface area (Å²) in [6.45, 7) is 3.97. The van der Waals surface area contributed by atoms with E-state index in [-0.39, 0.29) is 36.0 Å². The van der Waals surface area contributed by atoms with E-state index in [2.05, 4.69) is 72.5 Å². The molecule has 3 aromatic rings. The van der Waals surface area contributed by atoms with Gasteiger partial charge in [0.2, 0.25) is 0 Å². The number of nitrogens with zero attached hydrogens (tertiary/aromatic N) is 1. The molecule has 3 aromatic carbocycles. The average Bonchev–Trinajstić information content (AvgIpc) is 3.86. The van der Waals surface area contributed by atoms with Crippen molar-refractivity contribution in [3.05, 3.63) is 95.1 Å². The van der Waals surface area contributed by atoms with Gasteiger partial charge in [-0.1, -0.05) is 66.7 Å². The number of hydrogen-bond donors (Lipinski definition) is 2. The van der Waals surface area contributed by atoms with Crippen LogP contribution >= 0.6 is 0 Å². The van der Waals surface area contributed by atoms with Crippen molar-refractivity contribution >= 4 is 11.4 Å². The Balaban J connectivity index is 1.10. The molecule has 2 bridgehead atoms. The summed E-state index contributed by atoms with van der Waals surface area (Å²) in [6, 6.07) is 25.2. The fourth-order valence-corrected chi connectivity index (χ4v) is 11.0. The minimum atomic E-state index is -2.02. The topological polar surface area (TPSA) is 88.5 Å². The number of phenols is 1. The standard InChI is InChI=1S/C39H47NO6S/c1-27-38-22-23-40(26-28-13-14-28)34(25-29-15-16-33(42)36(44-27)35(29)38)39(38,19-8-24-41)46-47(43)45-32-17-20-37(21-18-32,30-9-4-2-5-10-30)31-11-6-3-7-12-31/h2-7,9-12,15-16,27-28,32,34,41-42H,8,13-14,17-26H2,1H3. The van der Waals surface area contributed by atoms with E-state index < -0.39 is 22.4 Å². The van der Waals surface area contributed by atoms with Crippen molar-refractivity contribution in [2.24, 2.45) is 5.92 Å². The maximum Gasteiger partial charge on any atom is 0.305 e. The Bertz CT molecular complexity index is 1560. The van der Waals surface area contributed by atoms with Crippen LogP contribution in [0.1, 0.15) is 87.0 Å². The van der Waals surface area contributed by atoms with Crippen molar-refractivity contribution in [2.45, 2.75) is 106 Å². The fraction of sp³-hybridized carbons (Fsp3) is 0.538. The van der Waals surface area contributed by atoms with Crippen LogP contribution in [0.25, 0.3) is 0 Å². The van der Waals surface area contributed by atoms with E-state index in [1.165, 1.54) is 29.5 Å². The van der Waals surface area contributed by atoms with Gasteiger partial charge >= 0.3 is 11.4 Å². The Hall–Kier alpha value is -2.75. The van der Waals surface area contributed by atoms with Crippen LogP contribution in [0, 0.1) is 5.92 Å². The molecule has 2 heterocycles. The van der Waals surface area contributed by atoms with Crippen LogP contribution in [-0.2, 0) is 37.0 Å². The van der Waals surface area contributed by atoms with E-state index in [1.54, 1.807) is 6.07 Å². The molecule has 3 fully saturated rings. The molecule has 250 valence electrons. The number of rotatable bonds is 11. The zero-order valence-corrected chi connectivity index (χ0v) is 28.1. The summed E-state index contributed by atoms with van der Waals surface area (Å²) >= 11 is -2.02. The fourth-order valence-electron chi connectivity index (χ4n) is 9.98. The van der Waals surface area contributed by atoms with Crippen molar-refractivity contribution in [3.8, 4) is 11.5 Å². The maximum atomic E-state index is 14.3. The van der Waals surface area contributed by atoms with Gasteiger partial charge in [0.1, 0.15) is 11.7 Å². The second kappa shape index (κ2) is 12.3. The predicted molar refractivity (Wildman–Crippen MR) is 182 cm³/mol. The molecule has 1 spiro atoms. The summed E-state index contributed by atoms with van der Waals surface area (Å²) in [5, 5.41) is 21.1. The van der Waals surface area contributed by atoms with Gasteiger partial charge in [-0.15, -0.1) is 0 Å². The highest BCUT2D eigenvalue weighted by Crippen LogP contribution is 2.64. The number of piperidine rings is 1. The molecule has 0 aromatic heterocycles. The molecular formula is C39H47NO6S. The number of phenolic OH excluding ortho intramolecular Hbond substituents is 1. The zero-order valence-electron chi connectivity index (χ0n) is 27.3. The molecule has 2 aliphatic heterocycles. The van der Waals surface area contributed by atoms with E-state index in [1.807, 2.05) is 6.07 Å². The second-order valence-corrected chi connectivity index (χ2v) is 15.5. The van der Waals surface area contributed by atoms with Gasteiger partial charge in [-0.25, -0.2) is 0 Å². The lowest BCUT2D eigenvalue weighted by molar-refractivity contribution is -0.152. The zero-order chi connectivity index (χ0) is 32.2. The van der Waals surface area contributed by atoms with Gasteiger partial charge in [0.05, 0.1) is 11.5 Å². The van der Waals surface area contributed by atoms with Crippen molar-refractivity contribution < 1.29 is 27.5 Å². The molecule has 47 heavy (non-hydrogen) atoms. The van der Waals surface area contributed by atoms with E-state index in [0.29, 0.717) is 24.5 Å². The van der Waals surface area contributed by atoms with Gasteiger partial charge in [-0.05, 0) is 106 Å². The normalized spacial score (nSPS) is 30.4. The van der Waals surface area contributed by atoms with Crippen LogP contribution < -0.4 is 4.74 Å². The maximum absolute atomic E-state index is 14.3. The Labute approximate surface area is 281 Å². The predicted octanol–water partition coefficient (Wildman–Crippen LogP) is 6.50. The minimum absolute atomic E-state index is 0.0166. The highest BCUT2D eigenvalue weighted by atomic mass is 32.2. The van der Waals surface area contributed by atoms with Gasteiger partial charge in [-0.3, -0.25) is 13.3 Å². The molecule has 8 heteroatoms. The lowest BCUT2D eigenvalue weighted by Crippen LogP contribution is -2.74. The van der Waals surface area contributed by atoms with Crippen molar-refractivity contribution in [2.75, 3.05) is 19.7 Å². The molecular weight excluding hydrogens is 610 g/mol. The van der Waals surface area contributed by atoms with Crippen molar-refractivity contribution in [1.29, 1.82) is 0 Å². The van der Waals surface area contributed by atoms with E-state index in [9.17, 15) is 14.4 Å². The Morgan fingerprint density at radius 3 is 2.26 bits per heavy atom. The minimum Gasteiger partial charge on any atom is -0.504 e. The van der Waals surface area contributed by atoms with Crippen LogP contribution in [0.4, 0.5) is 0 Å². The molecule has 3 aliphatic carbocycles. The van der Waals surface area contributed by atoms with Gasteiger partial charge in [0, 0.05) is 30.2 Å².